The molecule has 1 saturated heterocycles. The van der Waals surface area contributed by atoms with Gasteiger partial charge in [0.15, 0.2) is 0 Å². The van der Waals surface area contributed by atoms with Gasteiger partial charge in [-0.3, -0.25) is 14.5 Å². The maximum atomic E-state index is 12.7. The first-order chi connectivity index (χ1) is 15.4. The Morgan fingerprint density at radius 1 is 1.06 bits per heavy atom. The largest absolute Gasteiger partial charge is 0.497 e. The third kappa shape index (κ3) is 4.97. The molecule has 1 atom stereocenters. The highest BCUT2D eigenvalue weighted by atomic mass is 32.2. The molecule has 1 aliphatic rings. The number of thioether (sulfide) groups is 1. The topological polar surface area (TPSA) is 58.6 Å². The van der Waals surface area contributed by atoms with Crippen LogP contribution in [0.5, 0.6) is 5.75 Å². The number of rotatable bonds is 6. The van der Waals surface area contributed by atoms with Gasteiger partial charge in [0.05, 0.1) is 19.3 Å². The number of nitrogens with zero attached hydrogens (tertiary/aromatic N) is 1. The summed E-state index contributed by atoms with van der Waals surface area (Å²) < 4.78 is 5.16. The first-order valence-corrected chi connectivity index (χ1v) is 11.5. The van der Waals surface area contributed by atoms with Crippen LogP contribution in [0.1, 0.15) is 27.6 Å². The number of amides is 2. The van der Waals surface area contributed by atoms with Gasteiger partial charge >= 0.3 is 0 Å². The molecule has 164 valence electrons. The summed E-state index contributed by atoms with van der Waals surface area (Å²) in [6.07, 6.45) is 0.277. The van der Waals surface area contributed by atoms with Crippen LogP contribution in [0.15, 0.2) is 66.7 Å². The van der Waals surface area contributed by atoms with Gasteiger partial charge in [0.25, 0.3) is 0 Å². The molecule has 4 rings (SSSR count). The molecule has 0 aromatic heterocycles. The summed E-state index contributed by atoms with van der Waals surface area (Å²) in [6, 6.07) is 21.4. The third-order valence-corrected chi connectivity index (χ3v) is 6.54. The van der Waals surface area contributed by atoms with Crippen molar-refractivity contribution in [2.75, 3.05) is 23.1 Å². The zero-order valence-corrected chi connectivity index (χ0v) is 19.2. The SMILES string of the molecule is COc1ccc(CC(=O)Nc2cccc(C3SCC(=O)N3c3cc(C)cc(C)c3)c2)cc1. The van der Waals surface area contributed by atoms with Gasteiger partial charge in [0.1, 0.15) is 11.1 Å². The fraction of sp³-hybridized carbons (Fsp3) is 0.231. The molecule has 0 aliphatic carbocycles. The number of carbonyl (C=O) groups is 2. The van der Waals surface area contributed by atoms with Gasteiger partial charge in [-0.05, 0) is 72.5 Å². The Balaban J connectivity index is 1.51. The Morgan fingerprint density at radius 3 is 2.47 bits per heavy atom. The summed E-state index contributed by atoms with van der Waals surface area (Å²) in [5.41, 5.74) is 5.79. The zero-order valence-electron chi connectivity index (χ0n) is 18.4. The monoisotopic (exact) mass is 446 g/mol. The van der Waals surface area contributed by atoms with E-state index in [0.717, 1.165) is 39.4 Å². The van der Waals surface area contributed by atoms with Gasteiger partial charge < -0.3 is 10.1 Å². The van der Waals surface area contributed by atoms with E-state index in [9.17, 15) is 9.59 Å². The first-order valence-electron chi connectivity index (χ1n) is 10.5. The van der Waals surface area contributed by atoms with E-state index < -0.39 is 0 Å². The maximum absolute atomic E-state index is 12.7. The van der Waals surface area contributed by atoms with E-state index in [4.69, 9.17) is 4.74 Å². The molecular formula is C26H26N2O3S. The summed E-state index contributed by atoms with van der Waals surface area (Å²) in [7, 11) is 1.62. The Morgan fingerprint density at radius 2 is 1.78 bits per heavy atom. The lowest BCUT2D eigenvalue weighted by Gasteiger charge is -2.25. The van der Waals surface area contributed by atoms with Crippen LogP contribution in [-0.4, -0.2) is 24.7 Å². The Labute approximate surface area is 192 Å². The van der Waals surface area contributed by atoms with Gasteiger partial charge in [-0.25, -0.2) is 0 Å². The number of hydrogen-bond donors (Lipinski definition) is 1. The second kappa shape index (κ2) is 9.49. The molecular weight excluding hydrogens is 420 g/mol. The highest BCUT2D eigenvalue weighted by Crippen LogP contribution is 2.42. The molecule has 1 fully saturated rings. The van der Waals surface area contributed by atoms with Crippen molar-refractivity contribution in [1.29, 1.82) is 0 Å². The van der Waals surface area contributed by atoms with Gasteiger partial charge in [0.2, 0.25) is 11.8 Å². The van der Waals surface area contributed by atoms with Gasteiger partial charge in [-0.1, -0.05) is 30.3 Å². The Hall–Kier alpha value is -3.25. The van der Waals surface area contributed by atoms with Crippen LogP contribution in [0, 0.1) is 13.8 Å². The van der Waals surface area contributed by atoms with E-state index in [1.807, 2.05) is 79.4 Å². The number of aryl methyl sites for hydroxylation is 2. The molecule has 1 unspecified atom stereocenters. The second-order valence-corrected chi connectivity index (χ2v) is 9.04. The Bertz CT molecular complexity index is 1120. The molecule has 2 amide bonds. The van der Waals surface area contributed by atoms with Crippen LogP contribution in [0.4, 0.5) is 11.4 Å². The molecule has 1 N–H and O–H groups in total. The lowest BCUT2D eigenvalue weighted by molar-refractivity contribution is -0.116. The van der Waals surface area contributed by atoms with Gasteiger partial charge in [0, 0.05) is 11.4 Å². The van der Waals surface area contributed by atoms with Crippen molar-refractivity contribution in [1.82, 2.24) is 0 Å². The zero-order chi connectivity index (χ0) is 22.7. The second-order valence-electron chi connectivity index (χ2n) is 7.97. The highest BCUT2D eigenvalue weighted by Gasteiger charge is 2.34. The van der Waals surface area contributed by atoms with Crippen LogP contribution in [0.2, 0.25) is 0 Å². The van der Waals surface area contributed by atoms with Gasteiger partial charge in [-0.15, -0.1) is 11.8 Å². The van der Waals surface area contributed by atoms with E-state index >= 15 is 0 Å². The van der Waals surface area contributed by atoms with Crippen LogP contribution < -0.4 is 15.0 Å². The number of carbonyl (C=O) groups excluding carboxylic acids is 2. The Kier molecular flexibility index (Phi) is 6.51. The van der Waals surface area contributed by atoms with Crippen molar-refractivity contribution in [2.45, 2.75) is 25.6 Å². The van der Waals surface area contributed by atoms with E-state index in [-0.39, 0.29) is 23.6 Å². The minimum atomic E-state index is -0.123. The lowest BCUT2D eigenvalue weighted by Crippen LogP contribution is -2.28. The van der Waals surface area contributed by atoms with Crippen molar-refractivity contribution in [3.8, 4) is 5.75 Å². The first kappa shape index (κ1) is 22.0. The van der Waals surface area contributed by atoms with Crippen LogP contribution >= 0.6 is 11.8 Å². The predicted molar refractivity (Wildman–Crippen MR) is 130 cm³/mol. The molecule has 1 heterocycles. The molecule has 0 bridgehead atoms. The molecule has 3 aromatic carbocycles. The molecule has 0 spiro atoms. The summed E-state index contributed by atoms with van der Waals surface area (Å²) >= 11 is 1.60. The van der Waals surface area contributed by atoms with E-state index in [1.54, 1.807) is 18.9 Å². The number of ether oxygens (including phenoxy) is 1. The molecule has 6 heteroatoms. The minimum absolute atomic E-state index is 0.0892. The summed E-state index contributed by atoms with van der Waals surface area (Å²) in [5, 5.41) is 2.86. The molecule has 0 saturated carbocycles. The number of hydrogen-bond acceptors (Lipinski definition) is 4. The van der Waals surface area contributed by atoms with E-state index in [2.05, 4.69) is 11.4 Å². The third-order valence-electron chi connectivity index (χ3n) is 5.33. The van der Waals surface area contributed by atoms with E-state index in [1.165, 1.54) is 0 Å². The van der Waals surface area contributed by atoms with Crippen LogP contribution in [-0.2, 0) is 16.0 Å². The van der Waals surface area contributed by atoms with Crippen molar-refractivity contribution in [3.63, 3.8) is 0 Å². The quantitative estimate of drug-likeness (QED) is 0.560. The highest BCUT2D eigenvalue weighted by molar-refractivity contribution is 8.00. The van der Waals surface area contributed by atoms with Crippen molar-refractivity contribution >= 4 is 35.0 Å². The fourth-order valence-corrected chi connectivity index (χ4v) is 5.11. The number of nitrogens with one attached hydrogen (secondary N) is 1. The normalized spacial score (nSPS) is 15.7. The molecule has 0 radical (unpaired) electrons. The summed E-state index contributed by atoms with van der Waals surface area (Å²) in [4.78, 5) is 27.2. The number of anilines is 2. The predicted octanol–water partition coefficient (Wildman–Crippen LogP) is 5.27. The fourth-order valence-electron chi connectivity index (χ4n) is 3.94. The lowest BCUT2D eigenvalue weighted by atomic mass is 10.1. The number of benzene rings is 3. The number of methoxy groups -OCH3 is 1. The van der Waals surface area contributed by atoms with Crippen molar-refractivity contribution < 1.29 is 14.3 Å². The smallest absolute Gasteiger partial charge is 0.238 e. The summed E-state index contributed by atoms with van der Waals surface area (Å²) in [6.45, 7) is 4.08. The average molecular weight is 447 g/mol. The van der Waals surface area contributed by atoms with E-state index in [0.29, 0.717) is 5.75 Å². The van der Waals surface area contributed by atoms with Gasteiger partial charge in [-0.2, -0.15) is 0 Å². The maximum Gasteiger partial charge on any atom is 0.238 e. The standard InChI is InChI=1S/C26H26N2O3S/c1-17-11-18(2)13-22(12-17)28-25(30)16-32-26(28)20-5-4-6-21(15-20)27-24(29)14-19-7-9-23(31-3)10-8-19/h4-13,15,26H,14,16H2,1-3H3,(H,27,29). The van der Waals surface area contributed by atoms with Crippen LogP contribution in [0.25, 0.3) is 0 Å². The molecule has 1 aliphatic heterocycles. The molecule has 32 heavy (non-hydrogen) atoms. The van der Waals surface area contributed by atoms with Crippen molar-refractivity contribution in [2.24, 2.45) is 0 Å². The average Bonchev–Trinajstić information content (AvgIpc) is 3.15. The molecule has 3 aromatic rings. The van der Waals surface area contributed by atoms with Crippen molar-refractivity contribution in [3.05, 3.63) is 89.0 Å². The molecule has 5 nitrogen and oxygen atoms in total. The summed E-state index contributed by atoms with van der Waals surface area (Å²) in [5.74, 6) is 1.21. The van der Waals surface area contributed by atoms with Crippen LogP contribution in [0.3, 0.4) is 0 Å². The minimum Gasteiger partial charge on any atom is -0.497 e.